The number of hydrogen-bond donors (Lipinski definition) is 0. The van der Waals surface area contributed by atoms with Gasteiger partial charge in [-0.3, -0.25) is 0 Å². The van der Waals surface area contributed by atoms with Gasteiger partial charge in [-0.05, 0) is 0 Å². The molecule has 0 aromatic heterocycles. The van der Waals surface area contributed by atoms with Crippen LogP contribution in [0.5, 0.6) is 0 Å². The summed E-state index contributed by atoms with van der Waals surface area (Å²) in [5.74, 6) is 0. The minimum atomic E-state index is -0.503. The Kier molecular flexibility index (Phi) is 3.80. The van der Waals surface area contributed by atoms with Crippen molar-refractivity contribution in [2.45, 2.75) is 0 Å². The first kappa shape index (κ1) is 4.89. The maximum Gasteiger partial charge on any atom is 0.118 e. The van der Waals surface area contributed by atoms with Crippen LogP contribution in [-0.4, -0.2) is 13.8 Å². The van der Waals surface area contributed by atoms with Gasteiger partial charge in [-0.1, -0.05) is 0 Å². The second kappa shape index (κ2) is 3.89. The zero-order valence-electron chi connectivity index (χ0n) is 3.07. The molecule has 0 spiro atoms. The highest BCUT2D eigenvalue weighted by molar-refractivity contribution is 4.38. The summed E-state index contributed by atoms with van der Waals surface area (Å²) in [4.78, 5) is 0. The molecule has 2 heteroatoms. The average molecular weight is 77.1 g/mol. The van der Waals surface area contributed by atoms with E-state index < -0.39 is 6.67 Å². The molecule has 0 rings (SSSR count). The zero-order valence-corrected chi connectivity index (χ0v) is 3.07. The highest BCUT2D eigenvalue weighted by Gasteiger charge is 1.71. The van der Waals surface area contributed by atoms with Crippen molar-refractivity contribution in [3.8, 4) is 0 Å². The lowest BCUT2D eigenvalue weighted by Crippen LogP contribution is -1.77. The van der Waals surface area contributed by atoms with Crippen molar-refractivity contribution in [2.75, 3.05) is 13.8 Å². The molecule has 1 nitrogen and oxygen atoms in total. The van der Waals surface area contributed by atoms with Crippen LogP contribution in [0, 0.1) is 6.61 Å². The Morgan fingerprint density at radius 2 is 2.60 bits per heavy atom. The number of hydrogen-bond acceptors (Lipinski definition) is 1. The van der Waals surface area contributed by atoms with Gasteiger partial charge in [0.25, 0.3) is 0 Å². The van der Waals surface area contributed by atoms with Crippen molar-refractivity contribution >= 4 is 0 Å². The van der Waals surface area contributed by atoms with Crippen LogP contribution in [0.25, 0.3) is 0 Å². The lowest BCUT2D eigenvalue weighted by molar-refractivity contribution is 0.244. The van der Waals surface area contributed by atoms with Crippen molar-refractivity contribution < 1.29 is 9.13 Å². The van der Waals surface area contributed by atoms with Crippen molar-refractivity contribution in [3.05, 3.63) is 6.61 Å². The Morgan fingerprint density at radius 3 is 2.60 bits per heavy atom. The lowest BCUT2D eigenvalue weighted by atomic mass is 10.8. The molecule has 5 heavy (non-hydrogen) atoms. The van der Waals surface area contributed by atoms with Gasteiger partial charge in [0.15, 0.2) is 0 Å². The molecule has 0 atom stereocenters. The first-order valence-corrected chi connectivity index (χ1v) is 1.32. The van der Waals surface area contributed by atoms with Crippen molar-refractivity contribution in [3.63, 3.8) is 0 Å². The fourth-order valence-electron chi connectivity index (χ4n) is 0.0630. The fraction of sp³-hybridized carbons (Fsp3) is 0.667. The standard InChI is InChI=1S/C3H6FO/c1-5-3-2-4/h3H,2H2,1H3. The SMILES string of the molecule is CO[CH]CF. The van der Waals surface area contributed by atoms with Crippen LogP contribution in [0.2, 0.25) is 0 Å². The van der Waals surface area contributed by atoms with Gasteiger partial charge in [-0.15, -0.1) is 0 Å². The van der Waals surface area contributed by atoms with Crippen LogP contribution in [-0.2, 0) is 4.74 Å². The quantitative estimate of drug-likeness (QED) is 0.473. The Hall–Kier alpha value is -0.110. The Morgan fingerprint density at radius 1 is 2.00 bits per heavy atom. The average Bonchev–Trinajstić information content (AvgIpc) is 1.41. The first-order valence-electron chi connectivity index (χ1n) is 1.32. The van der Waals surface area contributed by atoms with Crippen LogP contribution >= 0.6 is 0 Å². The summed E-state index contributed by atoms with van der Waals surface area (Å²) in [6, 6.07) is 0. The monoisotopic (exact) mass is 77.0 g/mol. The molecule has 31 valence electrons. The topological polar surface area (TPSA) is 9.23 Å². The van der Waals surface area contributed by atoms with Crippen molar-refractivity contribution in [2.24, 2.45) is 0 Å². The van der Waals surface area contributed by atoms with Gasteiger partial charge < -0.3 is 4.74 Å². The number of rotatable bonds is 2. The zero-order chi connectivity index (χ0) is 4.12. The summed E-state index contributed by atoms with van der Waals surface area (Å²) < 4.78 is 15.0. The van der Waals surface area contributed by atoms with E-state index >= 15 is 0 Å². The summed E-state index contributed by atoms with van der Waals surface area (Å²) in [7, 11) is 1.42. The Balaban J connectivity index is 2.19. The van der Waals surface area contributed by atoms with Gasteiger partial charge in [0, 0.05) is 7.11 Å². The summed E-state index contributed by atoms with van der Waals surface area (Å²) >= 11 is 0. The third-order valence-corrected chi connectivity index (χ3v) is 0.230. The molecule has 0 saturated carbocycles. The molecular formula is C3H6FO. The molecule has 0 fully saturated rings. The maximum atomic E-state index is 10.8. The van der Waals surface area contributed by atoms with E-state index in [0.717, 1.165) is 6.61 Å². The number of methoxy groups -OCH3 is 1. The van der Waals surface area contributed by atoms with Gasteiger partial charge >= 0.3 is 0 Å². The van der Waals surface area contributed by atoms with Crippen molar-refractivity contribution in [1.82, 2.24) is 0 Å². The lowest BCUT2D eigenvalue weighted by Gasteiger charge is -1.80. The molecule has 0 bridgehead atoms. The normalized spacial score (nSPS) is 8.40. The van der Waals surface area contributed by atoms with E-state index in [-0.39, 0.29) is 0 Å². The molecule has 0 aromatic carbocycles. The molecule has 0 aromatic rings. The van der Waals surface area contributed by atoms with E-state index in [2.05, 4.69) is 4.74 Å². The molecule has 0 heterocycles. The largest absolute Gasteiger partial charge is 0.376 e. The fourth-order valence-corrected chi connectivity index (χ4v) is 0.0630. The minimum Gasteiger partial charge on any atom is -0.376 e. The molecule has 1 radical (unpaired) electrons. The third kappa shape index (κ3) is 3.89. The Labute approximate surface area is 30.7 Å². The van der Waals surface area contributed by atoms with Crippen LogP contribution in [0.15, 0.2) is 0 Å². The van der Waals surface area contributed by atoms with Gasteiger partial charge in [-0.25, -0.2) is 4.39 Å². The first-order chi connectivity index (χ1) is 2.41. The van der Waals surface area contributed by atoms with Crippen LogP contribution in [0.3, 0.4) is 0 Å². The maximum absolute atomic E-state index is 10.8. The third-order valence-electron chi connectivity index (χ3n) is 0.230. The number of halogens is 1. The Bertz CT molecular complexity index is 14.4. The van der Waals surface area contributed by atoms with Gasteiger partial charge in [-0.2, -0.15) is 0 Å². The van der Waals surface area contributed by atoms with E-state index in [0.29, 0.717) is 0 Å². The van der Waals surface area contributed by atoms with Crippen LogP contribution in [0.1, 0.15) is 0 Å². The summed E-state index contributed by atoms with van der Waals surface area (Å²) in [6.07, 6.45) is 0. The summed E-state index contributed by atoms with van der Waals surface area (Å²) in [5.41, 5.74) is 0. The predicted molar refractivity (Wildman–Crippen MR) is 17.3 cm³/mol. The van der Waals surface area contributed by atoms with Crippen LogP contribution < -0.4 is 0 Å². The van der Waals surface area contributed by atoms with E-state index in [1.54, 1.807) is 0 Å². The molecule has 0 aliphatic heterocycles. The smallest absolute Gasteiger partial charge is 0.118 e. The highest BCUT2D eigenvalue weighted by Crippen LogP contribution is 1.73. The summed E-state index contributed by atoms with van der Waals surface area (Å²) in [5, 5.41) is 0. The molecular weight excluding hydrogens is 71.0 g/mol. The van der Waals surface area contributed by atoms with E-state index in [1.165, 1.54) is 7.11 Å². The van der Waals surface area contributed by atoms with Gasteiger partial charge in [0.1, 0.15) is 13.3 Å². The minimum absolute atomic E-state index is 0.503. The molecule has 0 saturated heterocycles. The molecule has 0 amide bonds. The molecule has 0 N–H and O–H groups in total. The second-order valence-electron chi connectivity index (χ2n) is 0.557. The van der Waals surface area contributed by atoms with Gasteiger partial charge in [0.2, 0.25) is 0 Å². The number of ether oxygens (including phenoxy) is 1. The van der Waals surface area contributed by atoms with Gasteiger partial charge in [0.05, 0.1) is 0 Å². The van der Waals surface area contributed by atoms with E-state index in [9.17, 15) is 4.39 Å². The van der Waals surface area contributed by atoms with Crippen molar-refractivity contribution in [1.29, 1.82) is 0 Å². The second-order valence-corrected chi connectivity index (χ2v) is 0.557. The number of alkyl halides is 1. The predicted octanol–water partition coefficient (Wildman–Crippen LogP) is 0.764. The summed E-state index contributed by atoms with van der Waals surface area (Å²) in [6.45, 7) is 0.580. The van der Waals surface area contributed by atoms with E-state index in [4.69, 9.17) is 0 Å². The molecule has 0 aliphatic carbocycles. The molecule has 0 aliphatic rings. The highest BCUT2D eigenvalue weighted by atomic mass is 19.1. The molecule has 0 unspecified atom stereocenters. The van der Waals surface area contributed by atoms with Crippen LogP contribution in [0.4, 0.5) is 4.39 Å². The van der Waals surface area contributed by atoms with E-state index in [1.807, 2.05) is 0 Å².